The van der Waals surface area contributed by atoms with Crippen LogP contribution in [-0.4, -0.2) is 15.5 Å². The SMILES string of the molecule is COc1ccc(S(=O)(=O)NCc2cccc(COCc3ccccc3)c2)cc1. The van der Waals surface area contributed by atoms with E-state index in [0.29, 0.717) is 19.0 Å². The normalized spacial score (nSPS) is 11.3. The number of hydrogen-bond acceptors (Lipinski definition) is 4. The van der Waals surface area contributed by atoms with Crippen molar-refractivity contribution in [2.24, 2.45) is 0 Å². The molecule has 0 aliphatic heterocycles. The van der Waals surface area contributed by atoms with Gasteiger partial charge >= 0.3 is 0 Å². The summed E-state index contributed by atoms with van der Waals surface area (Å²) in [5, 5.41) is 0. The van der Waals surface area contributed by atoms with Gasteiger partial charge in [0.25, 0.3) is 0 Å². The zero-order valence-electron chi connectivity index (χ0n) is 15.7. The quantitative estimate of drug-likeness (QED) is 0.595. The summed E-state index contributed by atoms with van der Waals surface area (Å²) >= 11 is 0. The molecular formula is C22H23NO4S. The van der Waals surface area contributed by atoms with E-state index in [9.17, 15) is 8.42 Å². The van der Waals surface area contributed by atoms with E-state index in [2.05, 4.69) is 4.72 Å². The average Bonchev–Trinajstić information content (AvgIpc) is 2.73. The molecular weight excluding hydrogens is 374 g/mol. The Balaban J connectivity index is 1.56. The summed E-state index contributed by atoms with van der Waals surface area (Å²) in [6.45, 7) is 1.21. The monoisotopic (exact) mass is 397 g/mol. The van der Waals surface area contributed by atoms with Crippen molar-refractivity contribution < 1.29 is 17.9 Å². The molecule has 3 aromatic rings. The Labute approximate surface area is 166 Å². The number of hydrogen-bond donors (Lipinski definition) is 1. The van der Waals surface area contributed by atoms with Gasteiger partial charge in [-0.2, -0.15) is 0 Å². The molecule has 5 nitrogen and oxygen atoms in total. The van der Waals surface area contributed by atoms with Crippen LogP contribution in [0, 0.1) is 0 Å². The minimum atomic E-state index is -3.59. The van der Waals surface area contributed by atoms with E-state index in [1.165, 1.54) is 19.2 Å². The zero-order valence-corrected chi connectivity index (χ0v) is 16.5. The number of methoxy groups -OCH3 is 1. The minimum absolute atomic E-state index is 0.204. The number of rotatable bonds is 9. The van der Waals surface area contributed by atoms with Crippen LogP contribution >= 0.6 is 0 Å². The Bertz CT molecular complexity index is 987. The van der Waals surface area contributed by atoms with E-state index in [4.69, 9.17) is 9.47 Å². The summed E-state index contributed by atoms with van der Waals surface area (Å²) in [4.78, 5) is 0.204. The molecule has 0 saturated carbocycles. The summed E-state index contributed by atoms with van der Waals surface area (Å²) in [6.07, 6.45) is 0. The average molecular weight is 397 g/mol. The second kappa shape index (κ2) is 9.50. The third kappa shape index (κ3) is 5.66. The van der Waals surface area contributed by atoms with Crippen LogP contribution in [0.15, 0.2) is 83.8 Å². The van der Waals surface area contributed by atoms with Gasteiger partial charge in [0.15, 0.2) is 0 Å². The van der Waals surface area contributed by atoms with E-state index in [1.807, 2.05) is 54.6 Å². The van der Waals surface area contributed by atoms with Crippen LogP contribution in [0.3, 0.4) is 0 Å². The molecule has 0 bridgehead atoms. The molecule has 146 valence electrons. The maximum atomic E-state index is 12.4. The van der Waals surface area contributed by atoms with Gasteiger partial charge in [0.1, 0.15) is 5.75 Å². The van der Waals surface area contributed by atoms with Gasteiger partial charge in [-0.05, 0) is 41.0 Å². The van der Waals surface area contributed by atoms with Crippen molar-refractivity contribution in [2.45, 2.75) is 24.7 Å². The maximum Gasteiger partial charge on any atom is 0.240 e. The van der Waals surface area contributed by atoms with Crippen molar-refractivity contribution in [1.82, 2.24) is 4.72 Å². The Morgan fingerprint density at radius 3 is 2.14 bits per heavy atom. The van der Waals surface area contributed by atoms with Crippen molar-refractivity contribution in [3.63, 3.8) is 0 Å². The first-order valence-electron chi connectivity index (χ1n) is 8.90. The molecule has 0 radical (unpaired) electrons. The number of sulfonamides is 1. The Kier molecular flexibility index (Phi) is 6.81. The van der Waals surface area contributed by atoms with Crippen molar-refractivity contribution in [3.8, 4) is 5.75 Å². The molecule has 28 heavy (non-hydrogen) atoms. The first-order chi connectivity index (χ1) is 13.6. The van der Waals surface area contributed by atoms with Crippen LogP contribution in [0.5, 0.6) is 5.75 Å². The van der Waals surface area contributed by atoms with Gasteiger partial charge in [-0.1, -0.05) is 54.6 Å². The number of nitrogens with one attached hydrogen (secondary N) is 1. The minimum Gasteiger partial charge on any atom is -0.497 e. The predicted molar refractivity (Wildman–Crippen MR) is 108 cm³/mol. The summed E-state index contributed by atoms with van der Waals surface area (Å²) in [6, 6.07) is 24.0. The van der Waals surface area contributed by atoms with Crippen molar-refractivity contribution in [1.29, 1.82) is 0 Å². The van der Waals surface area contributed by atoms with Crippen molar-refractivity contribution in [3.05, 3.63) is 95.6 Å². The van der Waals surface area contributed by atoms with Gasteiger partial charge in [0.2, 0.25) is 10.0 Å². The Morgan fingerprint density at radius 2 is 1.43 bits per heavy atom. The van der Waals surface area contributed by atoms with Crippen LogP contribution in [-0.2, 0) is 34.5 Å². The highest BCUT2D eigenvalue weighted by Crippen LogP contribution is 2.16. The first-order valence-corrected chi connectivity index (χ1v) is 10.4. The lowest BCUT2D eigenvalue weighted by Gasteiger charge is -2.09. The maximum absolute atomic E-state index is 12.4. The van der Waals surface area contributed by atoms with E-state index >= 15 is 0 Å². The Hall–Kier alpha value is -2.67. The van der Waals surface area contributed by atoms with Gasteiger partial charge in [-0.3, -0.25) is 0 Å². The van der Waals surface area contributed by atoms with Crippen LogP contribution in [0.2, 0.25) is 0 Å². The van der Waals surface area contributed by atoms with Crippen LogP contribution < -0.4 is 9.46 Å². The fraction of sp³-hybridized carbons (Fsp3) is 0.182. The number of benzene rings is 3. The highest BCUT2D eigenvalue weighted by atomic mass is 32.2. The van der Waals surface area contributed by atoms with Gasteiger partial charge in [-0.15, -0.1) is 0 Å². The second-order valence-corrected chi connectivity index (χ2v) is 8.07. The fourth-order valence-electron chi connectivity index (χ4n) is 2.71. The fourth-order valence-corrected chi connectivity index (χ4v) is 3.72. The van der Waals surface area contributed by atoms with Gasteiger partial charge in [0, 0.05) is 6.54 Å². The van der Waals surface area contributed by atoms with E-state index < -0.39 is 10.0 Å². The third-order valence-corrected chi connectivity index (χ3v) is 5.62. The lowest BCUT2D eigenvalue weighted by Crippen LogP contribution is -2.23. The second-order valence-electron chi connectivity index (χ2n) is 6.30. The highest BCUT2D eigenvalue weighted by molar-refractivity contribution is 7.89. The first kappa shape index (κ1) is 20.1. The molecule has 3 aromatic carbocycles. The molecule has 3 rings (SSSR count). The van der Waals surface area contributed by atoms with Crippen LogP contribution in [0.4, 0.5) is 0 Å². The lowest BCUT2D eigenvalue weighted by atomic mass is 10.1. The Morgan fingerprint density at radius 1 is 0.786 bits per heavy atom. The smallest absolute Gasteiger partial charge is 0.240 e. The third-order valence-electron chi connectivity index (χ3n) is 4.21. The zero-order chi connectivity index (χ0) is 19.8. The largest absolute Gasteiger partial charge is 0.497 e. The van der Waals surface area contributed by atoms with Gasteiger partial charge < -0.3 is 9.47 Å². The number of ether oxygens (including phenoxy) is 2. The van der Waals surface area contributed by atoms with E-state index in [-0.39, 0.29) is 11.4 Å². The predicted octanol–water partition coefficient (Wildman–Crippen LogP) is 3.89. The molecule has 0 heterocycles. The molecule has 0 aromatic heterocycles. The van der Waals surface area contributed by atoms with Gasteiger partial charge in [0.05, 0.1) is 25.2 Å². The standard InChI is InChI=1S/C22H23NO4S/c1-26-21-10-12-22(13-11-21)28(24,25)23-15-19-8-5-9-20(14-19)17-27-16-18-6-3-2-4-7-18/h2-14,23H,15-17H2,1H3. The van der Waals surface area contributed by atoms with Crippen molar-refractivity contribution >= 4 is 10.0 Å². The molecule has 1 N–H and O–H groups in total. The summed E-state index contributed by atoms with van der Waals surface area (Å²) in [5.41, 5.74) is 2.99. The molecule has 0 aliphatic carbocycles. The summed E-state index contributed by atoms with van der Waals surface area (Å²) in [7, 11) is -2.05. The molecule has 0 spiro atoms. The molecule has 0 amide bonds. The highest BCUT2D eigenvalue weighted by Gasteiger charge is 2.13. The van der Waals surface area contributed by atoms with Crippen LogP contribution in [0.25, 0.3) is 0 Å². The topological polar surface area (TPSA) is 64.6 Å². The van der Waals surface area contributed by atoms with E-state index in [0.717, 1.165) is 16.7 Å². The molecule has 6 heteroatoms. The molecule has 0 unspecified atom stereocenters. The van der Waals surface area contributed by atoms with Gasteiger partial charge in [-0.25, -0.2) is 13.1 Å². The molecule has 0 saturated heterocycles. The van der Waals surface area contributed by atoms with Crippen molar-refractivity contribution in [2.75, 3.05) is 7.11 Å². The molecule has 0 aliphatic rings. The van der Waals surface area contributed by atoms with Crippen LogP contribution in [0.1, 0.15) is 16.7 Å². The summed E-state index contributed by atoms with van der Waals surface area (Å²) in [5.74, 6) is 0.613. The molecule has 0 fully saturated rings. The summed E-state index contributed by atoms with van der Waals surface area (Å²) < 4.78 is 38.3. The molecule has 0 atom stereocenters. The lowest BCUT2D eigenvalue weighted by molar-refractivity contribution is 0.107. The van der Waals surface area contributed by atoms with E-state index in [1.54, 1.807) is 12.1 Å².